The van der Waals surface area contributed by atoms with Gasteiger partial charge in [-0.2, -0.15) is 0 Å². The van der Waals surface area contributed by atoms with Crippen molar-refractivity contribution in [3.8, 4) is 17.2 Å². The Morgan fingerprint density at radius 3 is 2.52 bits per heavy atom. The number of nitrogens with one attached hydrogen (secondary N) is 1. The zero-order valence-corrected chi connectivity index (χ0v) is 13.0. The fraction of sp³-hybridized carbons (Fsp3) is 0.222. The maximum absolute atomic E-state index is 5.68. The second kappa shape index (κ2) is 7.45. The van der Waals surface area contributed by atoms with Gasteiger partial charge < -0.3 is 14.5 Å². The van der Waals surface area contributed by atoms with Crippen LogP contribution in [0.15, 0.2) is 59.0 Å². The van der Waals surface area contributed by atoms with Crippen molar-refractivity contribution in [3.63, 3.8) is 0 Å². The second-order valence-electron chi connectivity index (χ2n) is 5.00. The third-order valence-electron chi connectivity index (χ3n) is 3.32. The van der Waals surface area contributed by atoms with Crippen LogP contribution in [0.4, 0.5) is 5.69 Å². The van der Waals surface area contributed by atoms with Crippen LogP contribution in [0, 0.1) is 0 Å². The number of hydrogen-bond donors (Lipinski definition) is 1. The SMILES string of the molecule is CCOc1ccc(NCCc2nnc(-c3ccccc3)o2)cc1. The maximum Gasteiger partial charge on any atom is 0.247 e. The van der Waals surface area contributed by atoms with Crippen molar-refractivity contribution >= 4 is 5.69 Å². The highest BCUT2D eigenvalue weighted by molar-refractivity contribution is 5.51. The van der Waals surface area contributed by atoms with Gasteiger partial charge in [-0.3, -0.25) is 0 Å². The van der Waals surface area contributed by atoms with Crippen molar-refractivity contribution in [1.82, 2.24) is 10.2 Å². The third kappa shape index (κ3) is 4.10. The molecule has 0 saturated heterocycles. The highest BCUT2D eigenvalue weighted by Crippen LogP contribution is 2.18. The van der Waals surface area contributed by atoms with Gasteiger partial charge in [-0.25, -0.2) is 0 Å². The van der Waals surface area contributed by atoms with Crippen LogP contribution in [0.1, 0.15) is 12.8 Å². The summed E-state index contributed by atoms with van der Waals surface area (Å²) in [5, 5.41) is 11.5. The van der Waals surface area contributed by atoms with Gasteiger partial charge in [0.15, 0.2) is 0 Å². The molecule has 5 heteroatoms. The lowest BCUT2D eigenvalue weighted by atomic mass is 10.2. The molecule has 0 radical (unpaired) electrons. The summed E-state index contributed by atoms with van der Waals surface area (Å²) in [6, 6.07) is 17.7. The van der Waals surface area contributed by atoms with Gasteiger partial charge in [0.25, 0.3) is 0 Å². The fourth-order valence-electron chi connectivity index (χ4n) is 2.20. The summed E-state index contributed by atoms with van der Waals surface area (Å²) in [7, 11) is 0. The fourth-order valence-corrected chi connectivity index (χ4v) is 2.20. The molecule has 0 amide bonds. The average Bonchev–Trinajstić information content (AvgIpc) is 3.06. The van der Waals surface area contributed by atoms with E-state index in [2.05, 4.69) is 15.5 Å². The molecule has 0 saturated carbocycles. The molecule has 1 heterocycles. The average molecular weight is 309 g/mol. The van der Waals surface area contributed by atoms with Crippen LogP contribution in [-0.4, -0.2) is 23.3 Å². The number of hydrogen-bond acceptors (Lipinski definition) is 5. The number of anilines is 1. The predicted molar refractivity (Wildman–Crippen MR) is 89.5 cm³/mol. The molecule has 5 nitrogen and oxygen atoms in total. The lowest BCUT2D eigenvalue weighted by molar-refractivity contribution is 0.340. The predicted octanol–water partition coefficient (Wildman–Crippen LogP) is 3.79. The topological polar surface area (TPSA) is 60.2 Å². The van der Waals surface area contributed by atoms with E-state index in [1.807, 2.05) is 61.5 Å². The van der Waals surface area contributed by atoms with Crippen LogP contribution in [-0.2, 0) is 6.42 Å². The minimum atomic E-state index is 0.557. The van der Waals surface area contributed by atoms with Gasteiger partial charge in [0.2, 0.25) is 11.8 Å². The Labute approximate surface area is 135 Å². The van der Waals surface area contributed by atoms with E-state index in [0.717, 1.165) is 23.5 Å². The standard InChI is InChI=1S/C18H19N3O2/c1-2-22-16-10-8-15(9-11-16)19-13-12-17-20-21-18(23-17)14-6-4-3-5-7-14/h3-11,19H,2,12-13H2,1H3. The Hall–Kier alpha value is -2.82. The number of rotatable bonds is 7. The summed E-state index contributed by atoms with van der Waals surface area (Å²) in [4.78, 5) is 0. The molecular weight excluding hydrogens is 290 g/mol. The summed E-state index contributed by atoms with van der Waals surface area (Å²) in [5.41, 5.74) is 1.97. The van der Waals surface area contributed by atoms with E-state index < -0.39 is 0 Å². The number of benzene rings is 2. The maximum atomic E-state index is 5.68. The molecule has 0 spiro atoms. The van der Waals surface area contributed by atoms with Crippen molar-refractivity contribution in [2.45, 2.75) is 13.3 Å². The molecule has 118 valence electrons. The molecule has 1 N–H and O–H groups in total. The summed E-state index contributed by atoms with van der Waals surface area (Å²) in [6.45, 7) is 3.37. The van der Waals surface area contributed by atoms with E-state index in [0.29, 0.717) is 24.8 Å². The first-order chi connectivity index (χ1) is 11.3. The molecule has 0 unspecified atom stereocenters. The zero-order chi connectivity index (χ0) is 15.9. The smallest absolute Gasteiger partial charge is 0.247 e. The van der Waals surface area contributed by atoms with Gasteiger partial charge in [0.05, 0.1) is 6.61 Å². The molecule has 23 heavy (non-hydrogen) atoms. The van der Waals surface area contributed by atoms with Crippen molar-refractivity contribution in [2.75, 3.05) is 18.5 Å². The molecule has 3 rings (SSSR count). The van der Waals surface area contributed by atoms with Gasteiger partial charge in [0, 0.05) is 24.2 Å². The van der Waals surface area contributed by atoms with Crippen molar-refractivity contribution in [3.05, 3.63) is 60.5 Å². The summed E-state index contributed by atoms with van der Waals surface area (Å²) in [5.74, 6) is 2.06. The first kappa shape index (κ1) is 15.1. The molecular formula is C18H19N3O2. The third-order valence-corrected chi connectivity index (χ3v) is 3.32. The first-order valence-corrected chi connectivity index (χ1v) is 7.69. The van der Waals surface area contributed by atoms with Crippen LogP contribution in [0.3, 0.4) is 0 Å². The lowest BCUT2D eigenvalue weighted by Crippen LogP contribution is -2.05. The van der Waals surface area contributed by atoms with Crippen LogP contribution in [0.25, 0.3) is 11.5 Å². The van der Waals surface area contributed by atoms with Crippen molar-refractivity contribution in [2.24, 2.45) is 0 Å². The molecule has 3 aromatic rings. The number of ether oxygens (including phenoxy) is 1. The van der Waals surface area contributed by atoms with Gasteiger partial charge in [-0.1, -0.05) is 18.2 Å². The van der Waals surface area contributed by atoms with Crippen LogP contribution in [0.2, 0.25) is 0 Å². The summed E-state index contributed by atoms with van der Waals surface area (Å²) < 4.78 is 11.1. The Kier molecular flexibility index (Phi) is 4.88. The highest BCUT2D eigenvalue weighted by atomic mass is 16.5. The quantitative estimate of drug-likeness (QED) is 0.719. The first-order valence-electron chi connectivity index (χ1n) is 7.69. The van der Waals surface area contributed by atoms with E-state index in [1.54, 1.807) is 0 Å². The van der Waals surface area contributed by atoms with Gasteiger partial charge in [0.1, 0.15) is 5.75 Å². The normalized spacial score (nSPS) is 10.5. The van der Waals surface area contributed by atoms with Crippen molar-refractivity contribution in [1.29, 1.82) is 0 Å². The molecule has 0 aliphatic rings. The molecule has 0 aliphatic carbocycles. The lowest BCUT2D eigenvalue weighted by Gasteiger charge is -2.06. The Bertz CT molecular complexity index is 724. The van der Waals surface area contributed by atoms with E-state index in [9.17, 15) is 0 Å². The van der Waals surface area contributed by atoms with Crippen molar-refractivity contribution < 1.29 is 9.15 Å². The van der Waals surface area contributed by atoms with E-state index >= 15 is 0 Å². The summed E-state index contributed by atoms with van der Waals surface area (Å²) >= 11 is 0. The van der Waals surface area contributed by atoms with Crippen LogP contribution in [0.5, 0.6) is 5.75 Å². The molecule has 0 aliphatic heterocycles. The van der Waals surface area contributed by atoms with E-state index in [-0.39, 0.29) is 0 Å². The minimum absolute atomic E-state index is 0.557. The number of nitrogens with zero attached hydrogens (tertiary/aromatic N) is 2. The highest BCUT2D eigenvalue weighted by Gasteiger charge is 2.07. The van der Waals surface area contributed by atoms with Gasteiger partial charge in [-0.05, 0) is 43.3 Å². The monoisotopic (exact) mass is 309 g/mol. The second-order valence-corrected chi connectivity index (χ2v) is 5.00. The molecule has 2 aromatic carbocycles. The zero-order valence-electron chi connectivity index (χ0n) is 13.0. The Morgan fingerprint density at radius 1 is 1.00 bits per heavy atom. The van der Waals surface area contributed by atoms with Crippen LogP contribution >= 0.6 is 0 Å². The van der Waals surface area contributed by atoms with Crippen LogP contribution < -0.4 is 10.1 Å². The van der Waals surface area contributed by atoms with E-state index in [1.165, 1.54) is 0 Å². The van der Waals surface area contributed by atoms with E-state index in [4.69, 9.17) is 9.15 Å². The summed E-state index contributed by atoms with van der Waals surface area (Å²) in [6.07, 6.45) is 0.674. The minimum Gasteiger partial charge on any atom is -0.494 e. The molecule has 1 aromatic heterocycles. The number of aromatic nitrogens is 2. The van der Waals surface area contributed by atoms with Gasteiger partial charge in [-0.15, -0.1) is 10.2 Å². The molecule has 0 fully saturated rings. The Balaban J connectivity index is 1.52. The largest absolute Gasteiger partial charge is 0.494 e. The van der Waals surface area contributed by atoms with Gasteiger partial charge >= 0.3 is 0 Å². The Morgan fingerprint density at radius 2 is 1.78 bits per heavy atom. The molecule has 0 atom stereocenters. The molecule has 0 bridgehead atoms.